The van der Waals surface area contributed by atoms with E-state index in [2.05, 4.69) is 15.9 Å². The molecule has 1 aromatic carbocycles. The second kappa shape index (κ2) is 5.32. The van der Waals surface area contributed by atoms with Gasteiger partial charge in [0.05, 0.1) is 0 Å². The SMILES string of the molecule is CC1=C(C(=O)Oc2ccccc2)CCC(Br)=C1. The third-order valence-corrected chi connectivity index (χ3v) is 3.29. The van der Waals surface area contributed by atoms with Gasteiger partial charge in [0.1, 0.15) is 5.75 Å². The summed E-state index contributed by atoms with van der Waals surface area (Å²) >= 11 is 3.45. The van der Waals surface area contributed by atoms with Crippen LogP contribution in [0.4, 0.5) is 0 Å². The highest BCUT2D eigenvalue weighted by Crippen LogP contribution is 2.28. The van der Waals surface area contributed by atoms with E-state index in [1.54, 1.807) is 12.1 Å². The number of para-hydroxylation sites is 1. The molecule has 3 heteroatoms. The number of allylic oxidation sites excluding steroid dienone is 3. The van der Waals surface area contributed by atoms with E-state index in [-0.39, 0.29) is 5.97 Å². The lowest BCUT2D eigenvalue weighted by Gasteiger charge is -2.14. The monoisotopic (exact) mass is 292 g/mol. The number of benzene rings is 1. The van der Waals surface area contributed by atoms with Gasteiger partial charge in [-0.25, -0.2) is 4.79 Å². The summed E-state index contributed by atoms with van der Waals surface area (Å²) in [5.41, 5.74) is 1.74. The van der Waals surface area contributed by atoms with Crippen molar-refractivity contribution in [1.82, 2.24) is 0 Å². The Kier molecular flexibility index (Phi) is 3.79. The number of ether oxygens (including phenoxy) is 1. The lowest BCUT2D eigenvalue weighted by atomic mass is 9.99. The van der Waals surface area contributed by atoms with Gasteiger partial charge in [-0.05, 0) is 48.0 Å². The van der Waals surface area contributed by atoms with Gasteiger partial charge < -0.3 is 4.74 Å². The first-order chi connectivity index (χ1) is 8.16. The summed E-state index contributed by atoms with van der Waals surface area (Å²) < 4.78 is 6.45. The van der Waals surface area contributed by atoms with Crippen LogP contribution >= 0.6 is 15.9 Å². The van der Waals surface area contributed by atoms with Crippen LogP contribution in [0.25, 0.3) is 0 Å². The standard InChI is InChI=1S/C14H13BrO2/c1-10-9-11(15)7-8-13(10)14(16)17-12-5-3-2-4-6-12/h2-6,9H,7-8H2,1H3. The van der Waals surface area contributed by atoms with E-state index in [0.29, 0.717) is 5.75 Å². The topological polar surface area (TPSA) is 26.3 Å². The number of rotatable bonds is 2. The molecule has 1 aliphatic carbocycles. The van der Waals surface area contributed by atoms with Crippen LogP contribution in [0.2, 0.25) is 0 Å². The summed E-state index contributed by atoms with van der Waals surface area (Å²) in [5, 5.41) is 0. The maximum absolute atomic E-state index is 12.0. The zero-order valence-electron chi connectivity index (χ0n) is 9.57. The molecule has 0 N–H and O–H groups in total. The Bertz CT molecular complexity index is 486. The molecular weight excluding hydrogens is 280 g/mol. The normalized spacial score (nSPS) is 15.5. The van der Waals surface area contributed by atoms with Gasteiger partial charge in [0.15, 0.2) is 0 Å². The van der Waals surface area contributed by atoms with E-state index in [0.717, 1.165) is 28.5 Å². The van der Waals surface area contributed by atoms with Crippen molar-refractivity contribution in [2.75, 3.05) is 0 Å². The Labute approximate surface area is 109 Å². The van der Waals surface area contributed by atoms with Crippen molar-refractivity contribution < 1.29 is 9.53 Å². The Morgan fingerprint density at radius 1 is 1.24 bits per heavy atom. The van der Waals surface area contributed by atoms with Crippen LogP contribution in [0.3, 0.4) is 0 Å². The molecule has 0 fully saturated rings. The largest absolute Gasteiger partial charge is 0.423 e. The summed E-state index contributed by atoms with van der Waals surface area (Å²) in [5.74, 6) is 0.344. The molecule has 0 aliphatic heterocycles. The van der Waals surface area contributed by atoms with Gasteiger partial charge in [-0.15, -0.1) is 0 Å². The summed E-state index contributed by atoms with van der Waals surface area (Å²) in [7, 11) is 0. The second-order valence-electron chi connectivity index (χ2n) is 3.96. The highest BCUT2D eigenvalue weighted by molar-refractivity contribution is 9.11. The quantitative estimate of drug-likeness (QED) is 0.609. The van der Waals surface area contributed by atoms with Gasteiger partial charge in [0.2, 0.25) is 0 Å². The van der Waals surface area contributed by atoms with E-state index in [1.807, 2.05) is 31.2 Å². The third-order valence-electron chi connectivity index (χ3n) is 2.66. The fraction of sp³-hybridized carbons (Fsp3) is 0.214. The zero-order chi connectivity index (χ0) is 12.3. The van der Waals surface area contributed by atoms with Gasteiger partial charge >= 0.3 is 5.97 Å². The molecule has 0 saturated heterocycles. The first-order valence-electron chi connectivity index (χ1n) is 5.50. The molecule has 0 spiro atoms. The fourth-order valence-electron chi connectivity index (χ4n) is 1.76. The van der Waals surface area contributed by atoms with Crippen molar-refractivity contribution >= 4 is 21.9 Å². The Balaban J connectivity index is 2.14. The van der Waals surface area contributed by atoms with Crippen molar-refractivity contribution in [3.05, 3.63) is 52.0 Å². The van der Waals surface area contributed by atoms with Crippen LogP contribution in [0.5, 0.6) is 5.75 Å². The van der Waals surface area contributed by atoms with Crippen molar-refractivity contribution in [3.8, 4) is 5.75 Å². The summed E-state index contributed by atoms with van der Waals surface area (Å²) in [6.07, 6.45) is 3.57. The average Bonchev–Trinajstić information content (AvgIpc) is 2.30. The highest BCUT2D eigenvalue weighted by Gasteiger charge is 2.18. The summed E-state index contributed by atoms with van der Waals surface area (Å²) in [6, 6.07) is 9.15. The number of hydrogen-bond donors (Lipinski definition) is 0. The lowest BCUT2D eigenvalue weighted by molar-refractivity contribution is -0.130. The Hall–Kier alpha value is -1.35. The van der Waals surface area contributed by atoms with E-state index in [4.69, 9.17) is 4.74 Å². The molecule has 0 saturated carbocycles. The molecule has 0 amide bonds. The average molecular weight is 293 g/mol. The van der Waals surface area contributed by atoms with Gasteiger partial charge in [0.25, 0.3) is 0 Å². The second-order valence-corrected chi connectivity index (χ2v) is 4.97. The fourth-order valence-corrected chi connectivity index (χ4v) is 2.30. The molecule has 88 valence electrons. The number of carbonyl (C=O) groups is 1. The van der Waals surface area contributed by atoms with Crippen LogP contribution in [-0.4, -0.2) is 5.97 Å². The van der Waals surface area contributed by atoms with Gasteiger partial charge in [-0.3, -0.25) is 0 Å². The number of esters is 1. The molecule has 1 aliphatic rings. The molecule has 0 heterocycles. The van der Waals surface area contributed by atoms with Crippen LogP contribution in [0.15, 0.2) is 52.0 Å². The molecule has 17 heavy (non-hydrogen) atoms. The van der Waals surface area contributed by atoms with Crippen LogP contribution in [0, 0.1) is 0 Å². The highest BCUT2D eigenvalue weighted by atomic mass is 79.9. The smallest absolute Gasteiger partial charge is 0.339 e. The number of halogens is 1. The molecule has 2 nitrogen and oxygen atoms in total. The predicted octanol–water partition coefficient (Wildman–Crippen LogP) is 3.98. The molecule has 0 unspecified atom stereocenters. The minimum absolute atomic E-state index is 0.245. The van der Waals surface area contributed by atoms with Crippen LogP contribution in [0.1, 0.15) is 19.8 Å². The van der Waals surface area contributed by atoms with Crippen LogP contribution in [-0.2, 0) is 4.79 Å². The molecule has 1 aromatic rings. The van der Waals surface area contributed by atoms with E-state index >= 15 is 0 Å². The van der Waals surface area contributed by atoms with Crippen molar-refractivity contribution in [2.45, 2.75) is 19.8 Å². The van der Waals surface area contributed by atoms with E-state index in [1.165, 1.54) is 0 Å². The van der Waals surface area contributed by atoms with Crippen LogP contribution < -0.4 is 4.74 Å². The Morgan fingerprint density at radius 3 is 2.59 bits per heavy atom. The van der Waals surface area contributed by atoms with Gasteiger partial charge in [-0.2, -0.15) is 0 Å². The first-order valence-corrected chi connectivity index (χ1v) is 6.29. The number of carbonyl (C=O) groups excluding carboxylic acids is 1. The summed E-state index contributed by atoms with van der Waals surface area (Å²) in [6.45, 7) is 1.93. The molecule has 0 radical (unpaired) electrons. The predicted molar refractivity (Wildman–Crippen MR) is 71.0 cm³/mol. The molecule has 0 atom stereocenters. The summed E-state index contributed by atoms with van der Waals surface area (Å²) in [4.78, 5) is 12.0. The number of hydrogen-bond acceptors (Lipinski definition) is 2. The molecule has 0 aromatic heterocycles. The Morgan fingerprint density at radius 2 is 1.94 bits per heavy atom. The minimum Gasteiger partial charge on any atom is -0.423 e. The molecular formula is C14H13BrO2. The maximum atomic E-state index is 12.0. The van der Waals surface area contributed by atoms with Gasteiger partial charge in [-0.1, -0.05) is 34.1 Å². The lowest BCUT2D eigenvalue weighted by Crippen LogP contribution is -2.14. The maximum Gasteiger partial charge on any atom is 0.339 e. The van der Waals surface area contributed by atoms with Gasteiger partial charge in [0, 0.05) is 5.57 Å². The van der Waals surface area contributed by atoms with Crippen molar-refractivity contribution in [2.24, 2.45) is 0 Å². The van der Waals surface area contributed by atoms with Crippen molar-refractivity contribution in [3.63, 3.8) is 0 Å². The zero-order valence-corrected chi connectivity index (χ0v) is 11.2. The third kappa shape index (κ3) is 3.07. The molecule has 0 bridgehead atoms. The van der Waals surface area contributed by atoms with E-state index < -0.39 is 0 Å². The minimum atomic E-state index is -0.245. The van der Waals surface area contributed by atoms with E-state index in [9.17, 15) is 4.79 Å². The first kappa shape index (κ1) is 12.1. The van der Waals surface area contributed by atoms with Crippen molar-refractivity contribution in [1.29, 1.82) is 0 Å². The molecule has 2 rings (SSSR count).